The summed E-state index contributed by atoms with van der Waals surface area (Å²) in [5.74, 6) is -1.18. The maximum Gasteiger partial charge on any atom is 0.308 e. The van der Waals surface area contributed by atoms with Crippen LogP contribution in [0.1, 0.15) is 188 Å². The number of nitrogens with zero attached hydrogens (tertiary/aromatic N) is 15. The van der Waals surface area contributed by atoms with Crippen LogP contribution < -0.4 is 0 Å². The molecule has 26 nitrogen and oxygen atoms in total. The molecule has 1 N–H and O–H groups in total. The minimum atomic E-state index is -0.588. The number of aliphatic hydroxyl groups is 1. The number of carbonyl (C=O) groups is 8. The Morgan fingerprint density at radius 1 is 0.395 bits per heavy atom. The van der Waals surface area contributed by atoms with E-state index in [-0.39, 0.29) is 101 Å². The molecule has 0 atom stereocenters. The maximum absolute atomic E-state index is 13.7. The molecule has 6 aliphatic rings. The van der Waals surface area contributed by atoms with Crippen molar-refractivity contribution in [3.8, 4) is 33.8 Å². The largest absolute Gasteiger partial charge is 0.469 e. The molecule has 0 radical (unpaired) electrons. The summed E-state index contributed by atoms with van der Waals surface area (Å²) in [5.41, 5.74) is 9.36. The molecule has 29 heteroatoms. The number of ether oxygens (including phenoxy) is 2. The Hall–Kier alpha value is -9.89. The van der Waals surface area contributed by atoms with Gasteiger partial charge in [0.15, 0.2) is 16.9 Å². The second kappa shape index (κ2) is 32.8. The summed E-state index contributed by atoms with van der Waals surface area (Å²) in [6.07, 6.45) is 7.87. The lowest BCUT2D eigenvalue weighted by Crippen LogP contribution is -2.63. The number of imidazole rings is 3. The highest BCUT2D eigenvalue weighted by molar-refractivity contribution is 6.31. The number of hydrogen-bond acceptors (Lipinski definition) is 17. The van der Waals surface area contributed by atoms with Crippen LogP contribution in [-0.2, 0) is 33.4 Å². The first-order valence-electron chi connectivity index (χ1n) is 39.1. The SMILES string of the molecule is CC(C)c1cc(-c2ccc(Cl)cc2)nn2cc(C(=O)N3CCN(C(=O)C4CC(O)C4)CC3(C)C)nc12.COC(=O)C1CC(C(=O)N2CCN(C(=O)c3cn4nc(-c5ccc(Cl)cc5)cc(C(C)C)c4n3)C(C)(C)C2)C1.COC(=O)C1CC(C(=O)N2CCN(C(=O)c3cn4nc(-c5ccc(Cl)cc5)cc(C(C)C)c4n3)C(C)(C)C2)C1. The second-order valence-corrected chi connectivity index (χ2v) is 35.1. The van der Waals surface area contributed by atoms with E-state index >= 15 is 0 Å². The van der Waals surface area contributed by atoms with E-state index in [1.54, 1.807) is 41.9 Å². The van der Waals surface area contributed by atoms with Gasteiger partial charge in [-0.15, -0.1) is 0 Å². The first-order valence-corrected chi connectivity index (χ1v) is 40.3. The fourth-order valence-corrected chi connectivity index (χ4v) is 16.7. The van der Waals surface area contributed by atoms with E-state index in [1.165, 1.54) is 14.2 Å². The Kier molecular flexibility index (Phi) is 23.6. The van der Waals surface area contributed by atoms with Gasteiger partial charge in [-0.2, -0.15) is 15.3 Å². The van der Waals surface area contributed by atoms with E-state index in [0.29, 0.717) is 147 Å². The molecule has 602 valence electrons. The van der Waals surface area contributed by atoms with Crippen LogP contribution in [0.4, 0.5) is 0 Å². The molecule has 6 amide bonds. The normalized spacial score (nSPS) is 21.0. The van der Waals surface area contributed by atoms with Crippen molar-refractivity contribution in [2.24, 2.45) is 29.6 Å². The highest BCUT2D eigenvalue weighted by atomic mass is 35.5. The van der Waals surface area contributed by atoms with Crippen LogP contribution in [0.15, 0.2) is 110 Å². The zero-order chi connectivity index (χ0) is 81.9. The molecule has 6 aromatic heterocycles. The third-order valence-electron chi connectivity index (χ3n) is 23.2. The van der Waals surface area contributed by atoms with Gasteiger partial charge in [-0.25, -0.2) is 28.5 Å². The Morgan fingerprint density at radius 3 is 0.877 bits per heavy atom. The zero-order valence-electron chi connectivity index (χ0n) is 67.1. The summed E-state index contributed by atoms with van der Waals surface area (Å²) in [5, 5.41) is 25.8. The zero-order valence-corrected chi connectivity index (χ0v) is 69.3. The number of fused-ring (bicyclic) bond motifs is 3. The lowest BCUT2D eigenvalue weighted by Gasteiger charge is -2.48. The number of piperazine rings is 3. The monoisotopic (exact) mass is 1610 g/mol. The molecule has 9 heterocycles. The van der Waals surface area contributed by atoms with Crippen molar-refractivity contribution in [3.63, 3.8) is 0 Å². The van der Waals surface area contributed by atoms with Gasteiger partial charge in [-0.3, -0.25) is 38.4 Å². The lowest BCUT2D eigenvalue weighted by atomic mass is 9.74. The number of aromatic nitrogens is 9. The van der Waals surface area contributed by atoms with Crippen LogP contribution in [-0.4, -0.2) is 222 Å². The molecule has 6 fully saturated rings. The summed E-state index contributed by atoms with van der Waals surface area (Å²) in [4.78, 5) is 129. The molecule has 0 unspecified atom stereocenters. The summed E-state index contributed by atoms with van der Waals surface area (Å²) >= 11 is 18.2. The third kappa shape index (κ3) is 17.0. The molecule has 0 spiro atoms. The van der Waals surface area contributed by atoms with Gasteiger partial charge in [0.1, 0.15) is 17.1 Å². The van der Waals surface area contributed by atoms with E-state index in [0.717, 1.165) is 50.5 Å². The van der Waals surface area contributed by atoms with Crippen LogP contribution in [0.5, 0.6) is 0 Å². The first kappa shape index (κ1) is 82.1. The van der Waals surface area contributed by atoms with E-state index in [1.807, 2.05) is 152 Å². The number of amides is 6. The number of rotatable bonds is 14. The Balaban J connectivity index is 0.000000149. The molecule has 9 aromatic rings. The number of carbonyl (C=O) groups excluding carboxylic acids is 8. The predicted octanol–water partition coefficient (Wildman–Crippen LogP) is 12.9. The standard InChI is InChI=1S/2C29H34ClN5O4.C27H32ClN5O3/c2*1-17(2)22-14-23(18-6-8-21(30)9-7-18)32-35-15-24(31-25(22)35)27(37)34-11-10-33(16-29(34,3)4)26(36)19-12-20(13-19)28(38)39-5;1-16(2)21-13-22(17-5-7-19(28)8-6-17)30-33-14-23(29-24(21)33)26(36)32-10-9-31(15-27(32,3)4)25(35)18-11-20(34)12-18/h2*6-9,14-15,17,19-20H,10-13,16H2,1-5H3;5-8,13-14,16,18,20,34H,9-12,15H2,1-4H3. The van der Waals surface area contributed by atoms with Crippen LogP contribution in [0.2, 0.25) is 15.1 Å². The highest BCUT2D eigenvalue weighted by Crippen LogP contribution is 2.41. The third-order valence-corrected chi connectivity index (χ3v) is 23.9. The van der Waals surface area contributed by atoms with E-state index in [2.05, 4.69) is 41.5 Å². The molecular formula is C85H100Cl3N15O11. The average molecular weight is 1610 g/mol. The first-order chi connectivity index (χ1) is 54.0. The topological polar surface area (TPSA) is 285 Å². The predicted molar refractivity (Wildman–Crippen MR) is 433 cm³/mol. The molecule has 0 bridgehead atoms. The van der Waals surface area contributed by atoms with Crippen molar-refractivity contribution in [2.75, 3.05) is 73.1 Å². The van der Waals surface area contributed by atoms with E-state index in [4.69, 9.17) is 74.5 Å². The number of hydrogen-bond donors (Lipinski definition) is 1. The molecule has 3 aromatic carbocycles. The number of aliphatic hydroxyl groups excluding tert-OH is 1. The van der Waals surface area contributed by atoms with E-state index in [9.17, 15) is 43.5 Å². The molecular weight excluding hydrogens is 1510 g/mol. The van der Waals surface area contributed by atoms with E-state index < -0.39 is 16.6 Å². The summed E-state index contributed by atoms with van der Waals surface area (Å²) in [7, 11) is 2.75. The van der Waals surface area contributed by atoms with Crippen molar-refractivity contribution in [1.82, 2.24) is 73.2 Å². The molecule has 3 saturated heterocycles. The quantitative estimate of drug-likeness (QED) is 0.0990. The molecule has 114 heavy (non-hydrogen) atoms. The van der Waals surface area contributed by atoms with Crippen molar-refractivity contribution in [2.45, 2.75) is 162 Å². The van der Waals surface area contributed by atoms with Crippen molar-refractivity contribution in [3.05, 3.63) is 158 Å². The van der Waals surface area contributed by atoms with Crippen molar-refractivity contribution < 1.29 is 52.9 Å². The van der Waals surface area contributed by atoms with Gasteiger partial charge in [0.25, 0.3) is 17.7 Å². The van der Waals surface area contributed by atoms with Gasteiger partial charge in [-0.05, 0) is 152 Å². The van der Waals surface area contributed by atoms with Gasteiger partial charge in [-0.1, -0.05) is 113 Å². The Labute approximate surface area is 678 Å². The van der Waals surface area contributed by atoms with Crippen LogP contribution in [0.25, 0.3) is 50.7 Å². The average Bonchev–Trinajstić information content (AvgIpc) is 1.61. The molecule has 3 saturated carbocycles. The van der Waals surface area contributed by atoms with Crippen molar-refractivity contribution >= 4 is 99.1 Å². The minimum Gasteiger partial charge on any atom is -0.469 e. The smallest absolute Gasteiger partial charge is 0.308 e. The molecule has 15 rings (SSSR count). The van der Waals surface area contributed by atoms with Gasteiger partial charge in [0.05, 0.1) is 84.4 Å². The number of esters is 2. The minimum absolute atomic E-state index is 0.0450. The van der Waals surface area contributed by atoms with Crippen molar-refractivity contribution in [1.29, 1.82) is 0 Å². The molecule has 3 aliphatic carbocycles. The lowest BCUT2D eigenvalue weighted by molar-refractivity contribution is -0.157. The van der Waals surface area contributed by atoms with Gasteiger partial charge in [0.2, 0.25) is 17.7 Å². The van der Waals surface area contributed by atoms with Crippen LogP contribution >= 0.6 is 34.8 Å². The Morgan fingerprint density at radius 2 is 0.649 bits per heavy atom. The Bertz CT molecular complexity index is 4960. The highest BCUT2D eigenvalue weighted by Gasteiger charge is 2.49. The molecule has 3 aliphatic heterocycles. The van der Waals surface area contributed by atoms with Gasteiger partial charge in [0, 0.05) is 125 Å². The fraction of sp³-hybridized carbons (Fsp3) is 0.482. The second-order valence-electron chi connectivity index (χ2n) is 33.8. The van der Waals surface area contributed by atoms with Gasteiger partial charge < -0.3 is 44.0 Å². The summed E-state index contributed by atoms with van der Waals surface area (Å²) in [6.45, 7) is 28.3. The van der Waals surface area contributed by atoms with Crippen LogP contribution in [0, 0.1) is 29.6 Å². The number of halogens is 3. The summed E-state index contributed by atoms with van der Waals surface area (Å²) in [6, 6.07) is 28.6. The summed E-state index contributed by atoms with van der Waals surface area (Å²) < 4.78 is 14.7. The van der Waals surface area contributed by atoms with Crippen LogP contribution in [0.3, 0.4) is 0 Å². The number of methoxy groups -OCH3 is 2. The van der Waals surface area contributed by atoms with Gasteiger partial charge >= 0.3 is 11.9 Å². The number of benzene rings is 3. The fourth-order valence-electron chi connectivity index (χ4n) is 16.4. The maximum atomic E-state index is 13.7.